The van der Waals surface area contributed by atoms with Gasteiger partial charge in [0.1, 0.15) is 5.60 Å². The Labute approximate surface area is 109 Å². The van der Waals surface area contributed by atoms with Gasteiger partial charge in [0, 0.05) is 13.1 Å². The molecular weight excluding hydrogens is 230 g/mol. The lowest BCUT2D eigenvalue weighted by Crippen LogP contribution is -2.67. The Morgan fingerprint density at radius 3 is 2.72 bits per heavy atom. The fourth-order valence-electron chi connectivity index (χ4n) is 2.51. The SMILES string of the molecule is CC(C)C1(O)CN(C(=O)CN2CCCNCC2)C1. The molecule has 5 nitrogen and oxygen atoms in total. The number of nitrogens with zero attached hydrogens (tertiary/aromatic N) is 2. The largest absolute Gasteiger partial charge is 0.386 e. The van der Waals surface area contributed by atoms with E-state index < -0.39 is 5.60 Å². The van der Waals surface area contributed by atoms with Gasteiger partial charge in [0.05, 0.1) is 19.6 Å². The molecule has 0 aliphatic carbocycles. The van der Waals surface area contributed by atoms with E-state index in [0.717, 1.165) is 32.6 Å². The summed E-state index contributed by atoms with van der Waals surface area (Å²) >= 11 is 0. The molecule has 2 aliphatic rings. The van der Waals surface area contributed by atoms with Gasteiger partial charge in [-0.3, -0.25) is 9.69 Å². The van der Waals surface area contributed by atoms with E-state index >= 15 is 0 Å². The first-order chi connectivity index (χ1) is 8.51. The second-order valence-corrected chi connectivity index (χ2v) is 5.89. The van der Waals surface area contributed by atoms with Crippen LogP contribution in [0.5, 0.6) is 0 Å². The molecular formula is C13H25N3O2. The summed E-state index contributed by atoms with van der Waals surface area (Å²) in [4.78, 5) is 16.0. The molecule has 2 aliphatic heterocycles. The van der Waals surface area contributed by atoms with Gasteiger partial charge in [-0.25, -0.2) is 0 Å². The summed E-state index contributed by atoms with van der Waals surface area (Å²) in [5.41, 5.74) is -0.657. The zero-order valence-electron chi connectivity index (χ0n) is 11.5. The fraction of sp³-hybridized carbons (Fsp3) is 0.923. The number of hydrogen-bond acceptors (Lipinski definition) is 4. The number of carbonyl (C=O) groups is 1. The van der Waals surface area contributed by atoms with Crippen LogP contribution in [0, 0.1) is 5.92 Å². The second kappa shape index (κ2) is 5.55. The van der Waals surface area contributed by atoms with Crippen molar-refractivity contribution in [3.05, 3.63) is 0 Å². The van der Waals surface area contributed by atoms with Crippen molar-refractivity contribution in [1.29, 1.82) is 0 Å². The number of aliphatic hydroxyl groups is 1. The van der Waals surface area contributed by atoms with Gasteiger partial charge in [-0.2, -0.15) is 0 Å². The first-order valence-electron chi connectivity index (χ1n) is 6.94. The summed E-state index contributed by atoms with van der Waals surface area (Å²) in [6.07, 6.45) is 1.10. The highest BCUT2D eigenvalue weighted by molar-refractivity contribution is 5.79. The molecule has 0 unspecified atom stereocenters. The van der Waals surface area contributed by atoms with Crippen molar-refractivity contribution in [3.8, 4) is 0 Å². The Kier molecular flexibility index (Phi) is 4.25. The monoisotopic (exact) mass is 255 g/mol. The van der Waals surface area contributed by atoms with Crippen molar-refractivity contribution in [3.63, 3.8) is 0 Å². The molecule has 0 saturated carbocycles. The topological polar surface area (TPSA) is 55.8 Å². The summed E-state index contributed by atoms with van der Waals surface area (Å²) in [5, 5.41) is 13.5. The molecule has 0 aromatic rings. The van der Waals surface area contributed by atoms with Gasteiger partial charge in [-0.1, -0.05) is 13.8 Å². The molecule has 1 amide bonds. The van der Waals surface area contributed by atoms with Crippen LogP contribution in [0.15, 0.2) is 0 Å². The zero-order chi connectivity index (χ0) is 13.2. The number of likely N-dealkylation sites (tertiary alicyclic amines) is 1. The summed E-state index contributed by atoms with van der Waals surface area (Å²) < 4.78 is 0. The number of nitrogens with one attached hydrogen (secondary N) is 1. The van der Waals surface area contributed by atoms with Crippen molar-refractivity contribution in [1.82, 2.24) is 15.1 Å². The average molecular weight is 255 g/mol. The standard InChI is InChI=1S/C13H25N3O2/c1-11(2)13(18)9-16(10-13)12(17)8-15-6-3-4-14-5-7-15/h11,14,18H,3-10H2,1-2H3. The molecule has 5 heteroatoms. The molecule has 2 heterocycles. The Morgan fingerprint density at radius 2 is 2.06 bits per heavy atom. The molecule has 18 heavy (non-hydrogen) atoms. The normalized spacial score (nSPS) is 24.8. The Hall–Kier alpha value is -0.650. The zero-order valence-corrected chi connectivity index (χ0v) is 11.5. The molecule has 104 valence electrons. The van der Waals surface area contributed by atoms with Crippen molar-refractivity contribution in [2.24, 2.45) is 5.92 Å². The Morgan fingerprint density at radius 1 is 1.33 bits per heavy atom. The van der Waals surface area contributed by atoms with Gasteiger partial charge in [0.25, 0.3) is 0 Å². The summed E-state index contributed by atoms with van der Waals surface area (Å²) in [6.45, 7) is 9.42. The number of amides is 1. The van der Waals surface area contributed by atoms with Crippen LogP contribution in [0.25, 0.3) is 0 Å². The maximum absolute atomic E-state index is 12.1. The van der Waals surface area contributed by atoms with Crippen LogP contribution in [-0.2, 0) is 4.79 Å². The van der Waals surface area contributed by atoms with E-state index in [2.05, 4.69) is 10.2 Å². The summed E-state index contributed by atoms with van der Waals surface area (Å²) in [5.74, 6) is 0.367. The number of carbonyl (C=O) groups excluding carboxylic acids is 1. The van der Waals surface area contributed by atoms with E-state index in [4.69, 9.17) is 0 Å². The van der Waals surface area contributed by atoms with Gasteiger partial charge in [0.15, 0.2) is 0 Å². The van der Waals surface area contributed by atoms with E-state index in [9.17, 15) is 9.90 Å². The third-order valence-electron chi connectivity index (χ3n) is 4.15. The van der Waals surface area contributed by atoms with Crippen LogP contribution >= 0.6 is 0 Å². The highest BCUT2D eigenvalue weighted by Crippen LogP contribution is 2.28. The molecule has 2 rings (SSSR count). The van der Waals surface area contributed by atoms with Gasteiger partial charge in [0.2, 0.25) is 5.91 Å². The molecule has 0 atom stereocenters. The van der Waals surface area contributed by atoms with Crippen molar-refractivity contribution >= 4 is 5.91 Å². The molecule has 0 aromatic carbocycles. The molecule has 2 saturated heterocycles. The van der Waals surface area contributed by atoms with Crippen LogP contribution in [0.2, 0.25) is 0 Å². The van der Waals surface area contributed by atoms with E-state index in [1.54, 1.807) is 4.90 Å². The third kappa shape index (κ3) is 3.02. The minimum absolute atomic E-state index is 0.155. The van der Waals surface area contributed by atoms with E-state index in [0.29, 0.717) is 19.6 Å². The maximum atomic E-state index is 12.1. The molecule has 0 spiro atoms. The molecule has 0 bridgehead atoms. The minimum Gasteiger partial charge on any atom is -0.386 e. The summed E-state index contributed by atoms with van der Waals surface area (Å²) in [7, 11) is 0. The van der Waals surface area contributed by atoms with Crippen LogP contribution in [0.3, 0.4) is 0 Å². The van der Waals surface area contributed by atoms with E-state index in [-0.39, 0.29) is 11.8 Å². The maximum Gasteiger partial charge on any atom is 0.236 e. The average Bonchev–Trinajstić information content (AvgIpc) is 2.52. The van der Waals surface area contributed by atoms with E-state index in [1.165, 1.54) is 0 Å². The van der Waals surface area contributed by atoms with Crippen LogP contribution < -0.4 is 5.32 Å². The fourth-order valence-corrected chi connectivity index (χ4v) is 2.51. The van der Waals surface area contributed by atoms with Gasteiger partial charge < -0.3 is 15.3 Å². The smallest absolute Gasteiger partial charge is 0.236 e. The Bertz CT molecular complexity index is 293. The molecule has 0 aromatic heterocycles. The second-order valence-electron chi connectivity index (χ2n) is 5.89. The van der Waals surface area contributed by atoms with Crippen molar-refractivity contribution in [2.75, 3.05) is 45.8 Å². The molecule has 0 radical (unpaired) electrons. The number of rotatable bonds is 3. The highest BCUT2D eigenvalue weighted by Gasteiger charge is 2.45. The van der Waals surface area contributed by atoms with Crippen LogP contribution in [-0.4, -0.2) is 72.2 Å². The van der Waals surface area contributed by atoms with Gasteiger partial charge in [-0.05, 0) is 25.4 Å². The molecule has 2 fully saturated rings. The molecule has 2 N–H and O–H groups in total. The lowest BCUT2D eigenvalue weighted by molar-refractivity contribution is -0.164. The predicted octanol–water partition coefficient (Wildman–Crippen LogP) is -0.489. The first kappa shape index (κ1) is 13.8. The lowest BCUT2D eigenvalue weighted by Gasteiger charge is -2.49. The highest BCUT2D eigenvalue weighted by atomic mass is 16.3. The first-order valence-corrected chi connectivity index (χ1v) is 6.94. The quantitative estimate of drug-likeness (QED) is 0.714. The Balaban J connectivity index is 1.76. The van der Waals surface area contributed by atoms with Crippen molar-refractivity contribution < 1.29 is 9.90 Å². The van der Waals surface area contributed by atoms with Crippen LogP contribution in [0.4, 0.5) is 0 Å². The minimum atomic E-state index is -0.657. The van der Waals surface area contributed by atoms with Gasteiger partial charge >= 0.3 is 0 Å². The lowest BCUT2D eigenvalue weighted by atomic mass is 9.83. The summed E-state index contributed by atoms with van der Waals surface area (Å²) in [6, 6.07) is 0. The number of β-amino-alcohol motifs (C(OH)–C–C–N with tert-alkyl or cyclic N) is 1. The predicted molar refractivity (Wildman–Crippen MR) is 70.3 cm³/mol. The van der Waals surface area contributed by atoms with E-state index in [1.807, 2.05) is 13.8 Å². The number of hydrogen-bond donors (Lipinski definition) is 2. The van der Waals surface area contributed by atoms with Crippen LogP contribution in [0.1, 0.15) is 20.3 Å². The van der Waals surface area contributed by atoms with Crippen molar-refractivity contribution in [2.45, 2.75) is 25.9 Å². The third-order valence-corrected chi connectivity index (χ3v) is 4.15. The van der Waals surface area contributed by atoms with Gasteiger partial charge in [-0.15, -0.1) is 0 Å².